The van der Waals surface area contributed by atoms with E-state index in [0.717, 1.165) is 13.2 Å². The molecule has 0 N–H and O–H groups in total. The fourth-order valence-corrected chi connectivity index (χ4v) is 2.12. The van der Waals surface area contributed by atoms with Gasteiger partial charge in [-0.15, -0.1) is 0 Å². The summed E-state index contributed by atoms with van der Waals surface area (Å²) in [4.78, 5) is 13.7. The Morgan fingerprint density at radius 2 is 2.25 bits per heavy atom. The van der Waals surface area contributed by atoms with Crippen LogP contribution in [0.1, 0.15) is 34.1 Å². The summed E-state index contributed by atoms with van der Waals surface area (Å²) in [6.45, 7) is 10.2. The first-order valence-electron chi connectivity index (χ1n) is 6.07. The van der Waals surface area contributed by atoms with Crippen molar-refractivity contribution in [1.29, 1.82) is 0 Å². The van der Waals surface area contributed by atoms with Gasteiger partial charge < -0.3 is 9.47 Å². The molecule has 1 heterocycles. The van der Waals surface area contributed by atoms with Gasteiger partial charge in [0.2, 0.25) is 0 Å². The maximum absolute atomic E-state index is 11.4. The molecule has 4 nitrogen and oxygen atoms in total. The molecular formula is C12H23NO3. The number of nitrogens with zero attached hydrogens (tertiary/aromatic N) is 1. The number of hydrogen-bond donors (Lipinski definition) is 0. The van der Waals surface area contributed by atoms with Crippen LogP contribution in [0.4, 0.5) is 0 Å². The molecule has 1 saturated heterocycles. The van der Waals surface area contributed by atoms with Crippen molar-refractivity contribution < 1.29 is 14.3 Å². The molecule has 0 aliphatic carbocycles. The second-order valence-corrected chi connectivity index (χ2v) is 4.55. The fraction of sp³-hybridized carbons (Fsp3) is 0.917. The van der Waals surface area contributed by atoms with Crippen molar-refractivity contribution >= 4 is 5.97 Å². The van der Waals surface area contributed by atoms with Gasteiger partial charge >= 0.3 is 5.97 Å². The monoisotopic (exact) mass is 229 g/mol. The minimum atomic E-state index is -0.110. The highest BCUT2D eigenvalue weighted by molar-refractivity contribution is 5.70. The largest absolute Gasteiger partial charge is 0.466 e. The van der Waals surface area contributed by atoms with Gasteiger partial charge in [-0.1, -0.05) is 0 Å². The van der Waals surface area contributed by atoms with E-state index in [1.54, 1.807) is 0 Å². The number of carbonyl (C=O) groups excluding carboxylic acids is 1. The van der Waals surface area contributed by atoms with Crippen LogP contribution >= 0.6 is 0 Å². The topological polar surface area (TPSA) is 38.8 Å². The molecule has 1 aliphatic rings. The molecule has 0 bridgehead atoms. The first-order valence-corrected chi connectivity index (χ1v) is 6.07. The maximum Gasteiger partial charge on any atom is 0.307 e. The SMILES string of the molecule is CCOC(=O)CC(C)N1CC(C)OCC1C. The van der Waals surface area contributed by atoms with Gasteiger partial charge in [0.1, 0.15) is 0 Å². The van der Waals surface area contributed by atoms with Crippen molar-refractivity contribution in [2.75, 3.05) is 19.8 Å². The Balaban J connectivity index is 2.44. The van der Waals surface area contributed by atoms with Crippen LogP contribution in [-0.4, -0.2) is 48.8 Å². The third kappa shape index (κ3) is 3.76. The van der Waals surface area contributed by atoms with Crippen LogP contribution in [0.2, 0.25) is 0 Å². The van der Waals surface area contributed by atoms with Gasteiger partial charge in [0.15, 0.2) is 0 Å². The average Bonchev–Trinajstić information content (AvgIpc) is 2.21. The number of hydrogen-bond acceptors (Lipinski definition) is 4. The van der Waals surface area contributed by atoms with Crippen molar-refractivity contribution in [3.05, 3.63) is 0 Å². The molecule has 16 heavy (non-hydrogen) atoms. The van der Waals surface area contributed by atoms with Gasteiger partial charge in [0.25, 0.3) is 0 Å². The van der Waals surface area contributed by atoms with Crippen LogP contribution < -0.4 is 0 Å². The molecule has 4 heteroatoms. The van der Waals surface area contributed by atoms with E-state index in [1.807, 2.05) is 6.92 Å². The minimum Gasteiger partial charge on any atom is -0.466 e. The van der Waals surface area contributed by atoms with Crippen LogP contribution in [0.3, 0.4) is 0 Å². The van der Waals surface area contributed by atoms with Crippen LogP contribution in [0.5, 0.6) is 0 Å². The molecule has 0 aromatic rings. The highest BCUT2D eigenvalue weighted by atomic mass is 16.5. The van der Waals surface area contributed by atoms with E-state index in [9.17, 15) is 4.79 Å². The zero-order valence-electron chi connectivity index (χ0n) is 10.7. The molecule has 0 amide bonds. The zero-order chi connectivity index (χ0) is 12.1. The third-order valence-electron chi connectivity index (χ3n) is 2.99. The summed E-state index contributed by atoms with van der Waals surface area (Å²) in [7, 11) is 0. The van der Waals surface area contributed by atoms with E-state index in [1.165, 1.54) is 0 Å². The predicted molar refractivity (Wildman–Crippen MR) is 62.3 cm³/mol. The van der Waals surface area contributed by atoms with Gasteiger partial charge in [0.05, 0.1) is 25.7 Å². The number of ether oxygens (including phenoxy) is 2. The Hall–Kier alpha value is -0.610. The Morgan fingerprint density at radius 3 is 2.88 bits per heavy atom. The first kappa shape index (κ1) is 13.5. The Kier molecular flexibility index (Phi) is 5.22. The fourth-order valence-electron chi connectivity index (χ4n) is 2.12. The number of esters is 1. The second kappa shape index (κ2) is 6.21. The molecule has 0 spiro atoms. The van der Waals surface area contributed by atoms with Crippen molar-refractivity contribution in [2.45, 2.75) is 52.3 Å². The van der Waals surface area contributed by atoms with Gasteiger partial charge in [-0.2, -0.15) is 0 Å². The summed E-state index contributed by atoms with van der Waals surface area (Å²) >= 11 is 0. The predicted octanol–water partition coefficient (Wildman–Crippen LogP) is 1.44. The van der Waals surface area contributed by atoms with Crippen molar-refractivity contribution in [2.24, 2.45) is 0 Å². The van der Waals surface area contributed by atoms with Gasteiger partial charge in [-0.25, -0.2) is 0 Å². The Morgan fingerprint density at radius 1 is 1.56 bits per heavy atom. The molecule has 94 valence electrons. The maximum atomic E-state index is 11.4. The van der Waals surface area contributed by atoms with E-state index in [4.69, 9.17) is 9.47 Å². The molecular weight excluding hydrogens is 206 g/mol. The lowest BCUT2D eigenvalue weighted by molar-refractivity contribution is -0.145. The van der Waals surface area contributed by atoms with Gasteiger partial charge in [-0.05, 0) is 27.7 Å². The molecule has 0 radical (unpaired) electrons. The molecule has 0 aromatic heterocycles. The Labute approximate surface area is 97.9 Å². The second-order valence-electron chi connectivity index (χ2n) is 4.55. The van der Waals surface area contributed by atoms with Crippen LogP contribution in [-0.2, 0) is 14.3 Å². The lowest BCUT2D eigenvalue weighted by Gasteiger charge is -2.40. The third-order valence-corrected chi connectivity index (χ3v) is 2.99. The molecule has 1 aliphatic heterocycles. The molecule has 1 rings (SSSR count). The first-order chi connectivity index (χ1) is 7.54. The number of rotatable bonds is 4. The van der Waals surface area contributed by atoms with E-state index in [2.05, 4.69) is 25.7 Å². The zero-order valence-corrected chi connectivity index (χ0v) is 10.7. The summed E-state index contributed by atoms with van der Waals surface area (Å²) in [5.41, 5.74) is 0. The standard InChI is InChI=1S/C12H23NO3/c1-5-15-12(14)6-9(2)13-7-11(4)16-8-10(13)3/h9-11H,5-8H2,1-4H3. The molecule has 0 aromatic carbocycles. The average molecular weight is 229 g/mol. The van der Waals surface area contributed by atoms with Crippen LogP contribution in [0, 0.1) is 0 Å². The summed E-state index contributed by atoms with van der Waals surface area (Å²) in [6.07, 6.45) is 0.714. The molecule has 0 saturated carbocycles. The summed E-state index contributed by atoms with van der Waals surface area (Å²) in [5, 5.41) is 0. The van der Waals surface area contributed by atoms with E-state index in [0.29, 0.717) is 19.1 Å². The molecule has 1 fully saturated rings. The lowest BCUT2D eigenvalue weighted by atomic mass is 10.1. The van der Waals surface area contributed by atoms with Crippen molar-refractivity contribution in [3.63, 3.8) is 0 Å². The highest BCUT2D eigenvalue weighted by Crippen LogP contribution is 2.16. The van der Waals surface area contributed by atoms with Crippen molar-refractivity contribution in [1.82, 2.24) is 4.90 Å². The smallest absolute Gasteiger partial charge is 0.307 e. The summed E-state index contributed by atoms with van der Waals surface area (Å²) in [6, 6.07) is 0.598. The van der Waals surface area contributed by atoms with E-state index >= 15 is 0 Å². The van der Waals surface area contributed by atoms with Gasteiger partial charge in [-0.3, -0.25) is 9.69 Å². The molecule has 3 unspecified atom stereocenters. The normalized spacial score (nSPS) is 28.8. The van der Waals surface area contributed by atoms with E-state index in [-0.39, 0.29) is 18.1 Å². The van der Waals surface area contributed by atoms with Crippen molar-refractivity contribution in [3.8, 4) is 0 Å². The quantitative estimate of drug-likeness (QED) is 0.684. The summed E-state index contributed by atoms with van der Waals surface area (Å²) < 4.78 is 10.5. The van der Waals surface area contributed by atoms with E-state index < -0.39 is 0 Å². The van der Waals surface area contributed by atoms with Crippen LogP contribution in [0.25, 0.3) is 0 Å². The number of morpholine rings is 1. The summed E-state index contributed by atoms with van der Waals surface area (Å²) in [5.74, 6) is -0.110. The Bertz CT molecular complexity index is 232. The van der Waals surface area contributed by atoms with Crippen LogP contribution in [0.15, 0.2) is 0 Å². The highest BCUT2D eigenvalue weighted by Gasteiger charge is 2.28. The number of carbonyl (C=O) groups is 1. The minimum absolute atomic E-state index is 0.110. The lowest BCUT2D eigenvalue weighted by Crippen LogP contribution is -2.51. The van der Waals surface area contributed by atoms with Gasteiger partial charge in [0, 0.05) is 18.6 Å². The molecule has 3 atom stereocenters.